The zero-order valence-electron chi connectivity index (χ0n) is 18.0. The van der Waals surface area contributed by atoms with Crippen LogP contribution in [0.1, 0.15) is 27.5 Å². The van der Waals surface area contributed by atoms with Gasteiger partial charge in [-0.3, -0.25) is 4.79 Å². The third-order valence-electron chi connectivity index (χ3n) is 5.57. The van der Waals surface area contributed by atoms with Gasteiger partial charge in [0.25, 0.3) is 5.91 Å². The maximum absolute atomic E-state index is 13.2. The summed E-state index contributed by atoms with van der Waals surface area (Å²) < 4.78 is 32.8. The van der Waals surface area contributed by atoms with Crippen molar-refractivity contribution in [2.75, 3.05) is 26.3 Å². The Morgan fingerprint density at radius 3 is 2.27 bits per heavy atom. The van der Waals surface area contributed by atoms with Gasteiger partial charge in [-0.2, -0.15) is 4.31 Å². The van der Waals surface area contributed by atoms with Crippen molar-refractivity contribution in [2.24, 2.45) is 0 Å². The number of carbonyl (C=O) groups is 1. The van der Waals surface area contributed by atoms with E-state index in [-0.39, 0.29) is 40.5 Å². The maximum Gasteiger partial charge on any atom is 0.251 e. The van der Waals surface area contributed by atoms with Crippen molar-refractivity contribution in [3.63, 3.8) is 0 Å². The standard InChI is InChI=1S/C25H25ClN2O4S/c26-22-12-11-21(18-24(22)33(30,31)28-13-15-32-16-14-28)25(29)27-23(20-9-5-2-6-10-20)17-19-7-3-1-4-8-19/h1-12,18,23H,13-17H2,(H,27,29). The molecule has 4 rings (SSSR count). The molecule has 1 aliphatic heterocycles. The van der Waals surface area contributed by atoms with E-state index in [0.29, 0.717) is 19.6 Å². The van der Waals surface area contributed by atoms with Crippen molar-refractivity contribution >= 4 is 27.5 Å². The maximum atomic E-state index is 13.2. The second-order valence-electron chi connectivity index (χ2n) is 7.79. The smallest absolute Gasteiger partial charge is 0.251 e. The molecule has 0 aromatic heterocycles. The van der Waals surface area contributed by atoms with E-state index in [2.05, 4.69) is 5.32 Å². The number of hydrogen-bond acceptors (Lipinski definition) is 4. The van der Waals surface area contributed by atoms with Crippen LogP contribution in [0, 0.1) is 0 Å². The molecule has 0 aliphatic carbocycles. The summed E-state index contributed by atoms with van der Waals surface area (Å²) in [5.41, 5.74) is 2.28. The number of benzene rings is 3. The highest BCUT2D eigenvalue weighted by atomic mass is 35.5. The van der Waals surface area contributed by atoms with Gasteiger partial charge in [-0.05, 0) is 35.7 Å². The first kappa shape index (κ1) is 23.4. The zero-order valence-corrected chi connectivity index (χ0v) is 19.6. The Hall–Kier alpha value is -2.71. The molecule has 3 aromatic carbocycles. The van der Waals surface area contributed by atoms with E-state index in [4.69, 9.17) is 16.3 Å². The number of amides is 1. The van der Waals surface area contributed by atoms with Crippen LogP contribution in [0.15, 0.2) is 83.8 Å². The van der Waals surface area contributed by atoms with Gasteiger partial charge in [0.15, 0.2) is 0 Å². The lowest BCUT2D eigenvalue weighted by atomic mass is 9.98. The van der Waals surface area contributed by atoms with Gasteiger partial charge in [0, 0.05) is 18.7 Å². The predicted molar refractivity (Wildman–Crippen MR) is 128 cm³/mol. The Labute approximate surface area is 199 Å². The minimum atomic E-state index is -3.84. The second-order valence-corrected chi connectivity index (χ2v) is 10.1. The van der Waals surface area contributed by atoms with Gasteiger partial charge in [0.1, 0.15) is 4.90 Å². The fraction of sp³-hybridized carbons (Fsp3) is 0.240. The van der Waals surface area contributed by atoms with Crippen LogP contribution in [0.2, 0.25) is 5.02 Å². The van der Waals surface area contributed by atoms with Crippen molar-refractivity contribution < 1.29 is 17.9 Å². The van der Waals surface area contributed by atoms with E-state index in [1.807, 2.05) is 60.7 Å². The first-order chi connectivity index (χ1) is 15.9. The molecule has 172 valence electrons. The third-order valence-corrected chi connectivity index (χ3v) is 7.95. The van der Waals surface area contributed by atoms with Crippen molar-refractivity contribution in [3.8, 4) is 0 Å². The van der Waals surface area contributed by atoms with Crippen molar-refractivity contribution in [3.05, 3.63) is 101 Å². The van der Waals surface area contributed by atoms with Crippen LogP contribution < -0.4 is 5.32 Å². The number of nitrogens with one attached hydrogen (secondary N) is 1. The SMILES string of the molecule is O=C(NC(Cc1ccccc1)c1ccccc1)c1ccc(Cl)c(S(=O)(=O)N2CCOCC2)c1. The number of carbonyl (C=O) groups excluding carboxylic acids is 1. The van der Waals surface area contributed by atoms with Crippen LogP contribution in [-0.4, -0.2) is 44.9 Å². The minimum absolute atomic E-state index is 0.0713. The fourth-order valence-electron chi connectivity index (χ4n) is 3.80. The summed E-state index contributed by atoms with van der Waals surface area (Å²) in [7, 11) is -3.84. The Balaban J connectivity index is 1.60. The highest BCUT2D eigenvalue weighted by Gasteiger charge is 2.29. The number of nitrogens with zero attached hydrogens (tertiary/aromatic N) is 1. The van der Waals surface area contributed by atoms with Crippen molar-refractivity contribution in [1.82, 2.24) is 9.62 Å². The number of morpholine rings is 1. The lowest BCUT2D eigenvalue weighted by Gasteiger charge is -2.26. The molecular formula is C25H25ClN2O4S. The van der Waals surface area contributed by atoms with Crippen LogP contribution in [0.25, 0.3) is 0 Å². The van der Waals surface area contributed by atoms with Gasteiger partial charge in [-0.15, -0.1) is 0 Å². The zero-order chi connectivity index (χ0) is 23.3. The molecule has 1 N–H and O–H groups in total. The van der Waals surface area contributed by atoms with Gasteiger partial charge < -0.3 is 10.1 Å². The first-order valence-electron chi connectivity index (χ1n) is 10.7. The third kappa shape index (κ3) is 5.62. The summed E-state index contributed by atoms with van der Waals surface area (Å²) in [6.45, 7) is 1.16. The molecule has 1 aliphatic rings. The van der Waals surface area contributed by atoms with Crippen molar-refractivity contribution in [2.45, 2.75) is 17.4 Å². The average Bonchev–Trinajstić information content (AvgIpc) is 2.85. The number of ether oxygens (including phenoxy) is 1. The molecule has 6 nitrogen and oxygen atoms in total. The van der Waals surface area contributed by atoms with E-state index in [9.17, 15) is 13.2 Å². The second kappa shape index (κ2) is 10.5. The number of rotatable bonds is 7. The summed E-state index contributed by atoms with van der Waals surface area (Å²) in [5.74, 6) is -0.366. The van der Waals surface area contributed by atoms with E-state index in [1.165, 1.54) is 16.4 Å². The van der Waals surface area contributed by atoms with E-state index < -0.39 is 10.0 Å². The summed E-state index contributed by atoms with van der Waals surface area (Å²) >= 11 is 6.24. The molecule has 1 atom stereocenters. The summed E-state index contributed by atoms with van der Waals surface area (Å²) in [6, 6.07) is 23.7. The molecule has 0 spiro atoms. The Kier molecular flexibility index (Phi) is 7.45. The predicted octanol–water partition coefficient (Wildman–Crippen LogP) is 4.07. The molecule has 8 heteroatoms. The largest absolute Gasteiger partial charge is 0.379 e. The van der Waals surface area contributed by atoms with Gasteiger partial charge >= 0.3 is 0 Å². The van der Waals surface area contributed by atoms with Crippen LogP contribution in [0.5, 0.6) is 0 Å². The highest BCUT2D eigenvalue weighted by molar-refractivity contribution is 7.89. The first-order valence-corrected chi connectivity index (χ1v) is 12.5. The van der Waals surface area contributed by atoms with Gasteiger partial charge in [-0.25, -0.2) is 8.42 Å². The van der Waals surface area contributed by atoms with Crippen LogP contribution in [0.3, 0.4) is 0 Å². The molecule has 0 radical (unpaired) electrons. The summed E-state index contributed by atoms with van der Waals surface area (Å²) in [4.78, 5) is 13.1. The number of halogens is 1. The molecule has 33 heavy (non-hydrogen) atoms. The minimum Gasteiger partial charge on any atom is -0.379 e. The number of hydrogen-bond donors (Lipinski definition) is 1. The monoisotopic (exact) mass is 484 g/mol. The van der Waals surface area contributed by atoms with Gasteiger partial charge in [0.2, 0.25) is 10.0 Å². The lowest BCUT2D eigenvalue weighted by Crippen LogP contribution is -2.40. The van der Waals surface area contributed by atoms with E-state index in [1.54, 1.807) is 6.07 Å². The van der Waals surface area contributed by atoms with Gasteiger partial charge in [-0.1, -0.05) is 72.3 Å². The molecule has 0 saturated carbocycles. The topological polar surface area (TPSA) is 75.7 Å². The molecule has 1 saturated heterocycles. The van der Waals surface area contributed by atoms with Crippen LogP contribution in [-0.2, 0) is 21.2 Å². The quantitative estimate of drug-likeness (QED) is 0.548. The fourth-order valence-corrected chi connectivity index (χ4v) is 5.71. The molecule has 1 unspecified atom stereocenters. The van der Waals surface area contributed by atoms with Crippen LogP contribution >= 0.6 is 11.6 Å². The molecule has 3 aromatic rings. The Morgan fingerprint density at radius 2 is 1.61 bits per heavy atom. The van der Waals surface area contributed by atoms with E-state index in [0.717, 1.165) is 11.1 Å². The van der Waals surface area contributed by atoms with E-state index >= 15 is 0 Å². The average molecular weight is 485 g/mol. The van der Waals surface area contributed by atoms with Crippen molar-refractivity contribution in [1.29, 1.82) is 0 Å². The molecule has 1 heterocycles. The normalized spacial score (nSPS) is 15.7. The highest BCUT2D eigenvalue weighted by Crippen LogP contribution is 2.27. The molecule has 0 bridgehead atoms. The summed E-state index contributed by atoms with van der Waals surface area (Å²) in [6.07, 6.45) is 0.600. The molecule has 1 fully saturated rings. The molecule has 1 amide bonds. The van der Waals surface area contributed by atoms with Crippen LogP contribution in [0.4, 0.5) is 0 Å². The number of sulfonamides is 1. The Bertz CT molecular complexity index is 1200. The lowest BCUT2D eigenvalue weighted by molar-refractivity contribution is 0.0730. The van der Waals surface area contributed by atoms with Gasteiger partial charge in [0.05, 0.1) is 24.3 Å². The Morgan fingerprint density at radius 1 is 0.970 bits per heavy atom. The summed E-state index contributed by atoms with van der Waals surface area (Å²) in [5, 5.41) is 3.15. The molecular weight excluding hydrogens is 460 g/mol.